The quantitative estimate of drug-likeness (QED) is 0.321. The van der Waals surface area contributed by atoms with E-state index in [0.29, 0.717) is 42.3 Å². The van der Waals surface area contributed by atoms with Gasteiger partial charge in [-0.1, -0.05) is 38.1 Å². The monoisotopic (exact) mass is 523 g/mol. The highest BCUT2D eigenvalue weighted by Gasteiger charge is 2.36. The Morgan fingerprint density at radius 3 is 2.39 bits per heavy atom. The van der Waals surface area contributed by atoms with Crippen LogP contribution in [0, 0.1) is 5.92 Å². The van der Waals surface area contributed by atoms with E-state index in [9.17, 15) is 13.2 Å². The van der Waals surface area contributed by atoms with Crippen molar-refractivity contribution < 1.29 is 13.2 Å². The molecule has 1 aromatic carbocycles. The lowest BCUT2D eigenvalue weighted by atomic mass is 9.90. The number of anilines is 2. The van der Waals surface area contributed by atoms with Crippen molar-refractivity contribution in [2.75, 3.05) is 23.3 Å². The van der Waals surface area contributed by atoms with Crippen LogP contribution in [0.5, 0.6) is 0 Å². The van der Waals surface area contributed by atoms with E-state index in [1.165, 1.54) is 10.1 Å². The maximum atomic E-state index is 13.1. The van der Waals surface area contributed by atoms with Crippen LogP contribution in [0.4, 0.5) is 24.9 Å². The number of halogens is 3. The van der Waals surface area contributed by atoms with Gasteiger partial charge in [0.1, 0.15) is 5.82 Å². The zero-order chi connectivity index (χ0) is 27.0. The number of alkyl halides is 3. The third-order valence-corrected chi connectivity index (χ3v) is 7.33. The first-order valence-corrected chi connectivity index (χ1v) is 13.0. The van der Waals surface area contributed by atoms with Gasteiger partial charge in [0.05, 0.1) is 5.39 Å². The molecule has 1 unspecified atom stereocenters. The van der Waals surface area contributed by atoms with Gasteiger partial charge in [-0.3, -0.25) is 0 Å². The molecule has 0 radical (unpaired) electrons. The Kier molecular flexibility index (Phi) is 6.98. The van der Waals surface area contributed by atoms with Crippen LogP contribution in [-0.4, -0.2) is 43.6 Å². The lowest BCUT2D eigenvalue weighted by Crippen LogP contribution is -2.40. The molecule has 1 atom stereocenters. The van der Waals surface area contributed by atoms with Crippen molar-refractivity contribution in [2.45, 2.75) is 51.7 Å². The summed E-state index contributed by atoms with van der Waals surface area (Å²) in [6.07, 6.45) is -0.0110. The Bertz CT molecular complexity index is 1420. The van der Waals surface area contributed by atoms with Crippen LogP contribution in [0.1, 0.15) is 50.8 Å². The second-order valence-corrected chi connectivity index (χ2v) is 10.3. The predicted octanol–water partition coefficient (Wildman–Crippen LogP) is 6.28. The Labute approximate surface area is 220 Å². The summed E-state index contributed by atoms with van der Waals surface area (Å²) in [5.41, 5.74) is 1.95. The predicted molar refractivity (Wildman–Crippen MR) is 143 cm³/mol. The van der Waals surface area contributed by atoms with Gasteiger partial charge in [-0.2, -0.15) is 13.2 Å². The highest BCUT2D eigenvalue weighted by molar-refractivity contribution is 5.88. The van der Waals surface area contributed by atoms with Crippen LogP contribution in [0.15, 0.2) is 48.8 Å². The maximum absolute atomic E-state index is 13.1. The van der Waals surface area contributed by atoms with Gasteiger partial charge in [0.15, 0.2) is 17.2 Å². The molecule has 7 nitrogen and oxygen atoms in total. The number of benzene rings is 1. The Balaban J connectivity index is 1.35. The van der Waals surface area contributed by atoms with E-state index in [1.807, 2.05) is 35.2 Å². The van der Waals surface area contributed by atoms with Gasteiger partial charge in [-0.25, -0.2) is 19.9 Å². The minimum Gasteiger partial charge on any atom is -0.367 e. The van der Waals surface area contributed by atoms with Crippen LogP contribution in [0.2, 0.25) is 0 Å². The smallest absolute Gasteiger partial charge is 0.367 e. The number of pyridine rings is 1. The third kappa shape index (κ3) is 5.16. The minimum atomic E-state index is -4.45. The number of nitrogens with zero attached hydrogens (tertiary/aromatic N) is 6. The summed E-state index contributed by atoms with van der Waals surface area (Å²) in [7, 11) is 1.61. The molecule has 1 aliphatic rings. The van der Waals surface area contributed by atoms with Gasteiger partial charge in [-0.05, 0) is 49.3 Å². The molecule has 4 heterocycles. The molecular formula is C28H32F3N7. The number of fused-ring (bicyclic) bond motifs is 1. The number of nitrogens with one attached hydrogen (secondary N) is 1. The van der Waals surface area contributed by atoms with Gasteiger partial charge in [0, 0.05) is 44.1 Å². The van der Waals surface area contributed by atoms with Crippen LogP contribution in [0.3, 0.4) is 0 Å². The summed E-state index contributed by atoms with van der Waals surface area (Å²) in [5, 5.41) is 4.48. The van der Waals surface area contributed by atoms with E-state index >= 15 is 0 Å². The summed E-state index contributed by atoms with van der Waals surface area (Å²) < 4.78 is 40.8. The van der Waals surface area contributed by atoms with Crippen molar-refractivity contribution in [1.29, 1.82) is 0 Å². The van der Waals surface area contributed by atoms with E-state index in [-0.39, 0.29) is 6.04 Å². The first-order chi connectivity index (χ1) is 18.1. The third-order valence-electron chi connectivity index (χ3n) is 7.33. The summed E-state index contributed by atoms with van der Waals surface area (Å²) in [4.78, 5) is 20.0. The first-order valence-electron chi connectivity index (χ1n) is 13.0. The molecule has 1 aliphatic heterocycles. The van der Waals surface area contributed by atoms with Crippen molar-refractivity contribution >= 4 is 22.8 Å². The number of rotatable bonds is 6. The van der Waals surface area contributed by atoms with Gasteiger partial charge in [0.2, 0.25) is 5.95 Å². The highest BCUT2D eigenvalue weighted by Crippen LogP contribution is 2.33. The van der Waals surface area contributed by atoms with Crippen LogP contribution >= 0.6 is 0 Å². The van der Waals surface area contributed by atoms with Crippen LogP contribution < -0.4 is 10.2 Å². The molecule has 38 heavy (non-hydrogen) atoms. The lowest BCUT2D eigenvalue weighted by Gasteiger charge is -2.35. The SMILES string of the molecule is CC(C)c1ccccc1-c1nc(NC(C)C2CCN(c3nc(C(F)(F)F)cn3C)CC2)c2cccnc2n1. The Hall–Kier alpha value is -3.69. The number of aromatic nitrogens is 5. The topological polar surface area (TPSA) is 71.8 Å². The molecule has 0 bridgehead atoms. The zero-order valence-electron chi connectivity index (χ0n) is 22.0. The van der Waals surface area contributed by atoms with Gasteiger partial charge < -0.3 is 14.8 Å². The van der Waals surface area contributed by atoms with Crippen molar-refractivity contribution in [3.63, 3.8) is 0 Å². The molecule has 200 valence electrons. The summed E-state index contributed by atoms with van der Waals surface area (Å²) in [6, 6.07) is 12.1. The fourth-order valence-corrected chi connectivity index (χ4v) is 5.22. The fourth-order valence-electron chi connectivity index (χ4n) is 5.22. The second kappa shape index (κ2) is 10.2. The molecule has 5 rings (SSSR count). The van der Waals surface area contributed by atoms with Crippen molar-refractivity contribution in [2.24, 2.45) is 13.0 Å². The van der Waals surface area contributed by atoms with Crippen LogP contribution in [0.25, 0.3) is 22.4 Å². The van der Waals surface area contributed by atoms with Crippen LogP contribution in [-0.2, 0) is 13.2 Å². The number of imidazole rings is 1. The fraction of sp³-hybridized carbons (Fsp3) is 0.429. The molecular weight excluding hydrogens is 491 g/mol. The standard InChI is InChI=1S/C28H32F3N7/c1-17(2)20-8-5-6-9-21(20)25-35-24-22(10-7-13-32-24)26(36-25)33-18(3)19-11-14-38(15-12-19)27-34-23(16-37(27)4)28(29,30)31/h5-10,13,16-19H,11-12,14-15H2,1-4H3,(H,32,33,35,36). The number of aryl methyl sites for hydroxylation is 1. The molecule has 3 aromatic heterocycles. The molecule has 1 N–H and O–H groups in total. The average Bonchev–Trinajstić information content (AvgIpc) is 3.31. The molecule has 0 spiro atoms. The van der Waals surface area contributed by atoms with Crippen molar-refractivity contribution in [3.8, 4) is 11.4 Å². The largest absolute Gasteiger partial charge is 0.434 e. The van der Waals surface area contributed by atoms with Crippen molar-refractivity contribution in [1.82, 2.24) is 24.5 Å². The average molecular weight is 524 g/mol. The van der Waals surface area contributed by atoms with E-state index < -0.39 is 11.9 Å². The molecule has 0 amide bonds. The van der Waals surface area contributed by atoms with Gasteiger partial charge >= 0.3 is 6.18 Å². The minimum absolute atomic E-state index is 0.0933. The molecule has 0 aliphatic carbocycles. The summed E-state index contributed by atoms with van der Waals surface area (Å²) in [6.45, 7) is 7.71. The Morgan fingerprint density at radius 1 is 0.974 bits per heavy atom. The maximum Gasteiger partial charge on any atom is 0.434 e. The molecule has 1 fully saturated rings. The van der Waals surface area contributed by atoms with Gasteiger partial charge in [-0.15, -0.1) is 0 Å². The molecule has 10 heteroatoms. The van der Waals surface area contributed by atoms with E-state index in [0.717, 1.165) is 35.8 Å². The summed E-state index contributed by atoms with van der Waals surface area (Å²) in [5.74, 6) is 2.38. The number of hydrogen-bond acceptors (Lipinski definition) is 6. The highest BCUT2D eigenvalue weighted by atomic mass is 19.4. The van der Waals surface area contributed by atoms with Crippen molar-refractivity contribution in [3.05, 3.63) is 60.0 Å². The number of piperidine rings is 1. The normalized spacial score (nSPS) is 15.8. The lowest BCUT2D eigenvalue weighted by molar-refractivity contribution is -0.140. The van der Waals surface area contributed by atoms with E-state index in [1.54, 1.807) is 13.2 Å². The van der Waals surface area contributed by atoms with Gasteiger partial charge in [0.25, 0.3) is 0 Å². The van der Waals surface area contributed by atoms with E-state index in [2.05, 4.69) is 42.1 Å². The van der Waals surface area contributed by atoms with E-state index in [4.69, 9.17) is 9.97 Å². The second-order valence-electron chi connectivity index (χ2n) is 10.3. The molecule has 1 saturated heterocycles. The first kappa shape index (κ1) is 25.9. The Morgan fingerprint density at radius 2 is 1.71 bits per heavy atom. The zero-order valence-corrected chi connectivity index (χ0v) is 22.0. The molecule has 0 saturated carbocycles. The summed E-state index contributed by atoms with van der Waals surface area (Å²) >= 11 is 0. The number of hydrogen-bond donors (Lipinski definition) is 1. The molecule has 4 aromatic rings.